The Kier molecular flexibility index (Phi) is 21.4. The molecule has 28 nitrogen and oxygen atoms in total. The smallest absolute Gasteiger partial charge is 0.261 e. The van der Waals surface area contributed by atoms with Crippen LogP contribution in [0, 0.1) is 5.92 Å². The number of aromatic amines is 5. The van der Waals surface area contributed by atoms with Gasteiger partial charge in [-0.05, 0) is 163 Å². The van der Waals surface area contributed by atoms with Crippen LogP contribution in [-0.2, 0) is 47.2 Å². The van der Waals surface area contributed by atoms with Crippen molar-refractivity contribution in [2.45, 2.75) is 34.9 Å². The number of amides is 4. The van der Waals surface area contributed by atoms with Crippen LogP contribution in [0.4, 0.5) is 17.1 Å². The third kappa shape index (κ3) is 17.6. The molecule has 5 heterocycles. The van der Waals surface area contributed by atoms with Gasteiger partial charge in [-0.25, -0.2) is 30.2 Å². The lowest BCUT2D eigenvalue weighted by atomic mass is 10.0. The Morgan fingerprint density at radius 3 is 1.15 bits per heavy atom. The Bertz CT molecular complexity index is 6550. The Hall–Kier alpha value is -14.4. The monoisotopic (exact) mass is 1550 g/mol. The zero-order chi connectivity index (χ0) is 78.1. The number of nitrogens with one attached hydrogen (secondary N) is 9. The number of rotatable bonds is 21. The number of nitrogens with two attached hydrogens (primary N) is 3. The van der Waals surface area contributed by atoms with Gasteiger partial charge in [0, 0.05) is 95.6 Å². The minimum atomic E-state index is -3.70. The van der Waals surface area contributed by atoms with E-state index in [0.717, 1.165) is 84.4 Å². The van der Waals surface area contributed by atoms with Gasteiger partial charge >= 0.3 is 0 Å². The van der Waals surface area contributed by atoms with Gasteiger partial charge in [0.05, 0.1) is 60.4 Å². The first-order chi connectivity index (χ1) is 54.1. The molecule has 112 heavy (non-hydrogen) atoms. The van der Waals surface area contributed by atoms with Gasteiger partial charge in [0.2, 0.25) is 33.7 Å². The zero-order valence-electron chi connectivity index (χ0n) is 59.0. The number of carbonyl (C=O) groups is 4. The SMILES string of the molecule is NC(=O)c1ccc2[nH]nc(-c3cccc(CNC(=O)C4CC4)c3)c2c1.NC(=O)c1ccc2[nH]nc(-c3cccc(NS(=O)(=O)Cc4ccccc4)c3)c2c1.NC(=O)c1ccc2[nH]nc(-c3cccc(NS(=O)(=O)c4ccccc4)c3)c2c1.O=S(=O)(Nc1cccc(-c2n[nH]c3ccc(-c4ncn[nH]4)cc23)c1)c1ccccc1. The number of carbonyl (C=O) groups excluding carboxylic acids is 4. The van der Waals surface area contributed by atoms with Crippen molar-refractivity contribution in [3.05, 3.63) is 295 Å². The molecule has 0 atom stereocenters. The van der Waals surface area contributed by atoms with E-state index in [-0.39, 0.29) is 27.4 Å². The number of aromatic nitrogens is 11. The van der Waals surface area contributed by atoms with Crippen LogP contribution in [0.2, 0.25) is 0 Å². The van der Waals surface area contributed by atoms with Crippen LogP contribution in [-0.4, -0.2) is 105 Å². The fourth-order valence-electron chi connectivity index (χ4n) is 12.2. The van der Waals surface area contributed by atoms with Gasteiger partial charge in [-0.3, -0.25) is 58.8 Å². The standard InChI is InChI=1S/C21H16N6O2S.C21H18N4O3S.C20H16N4O3S.C19H18N4O2/c28-30(29,17-7-2-1-3-8-17)27-16-6-4-5-14(11-16)20-18-12-15(21-22-13-23-26-21)9-10-19(18)24-25-20;22-21(26)16-9-10-19-18(12-16)20(24-23-19)15-7-4-8-17(11-15)25-29(27,28)13-14-5-2-1-3-6-14;21-20(25)14-9-10-18-17(12-14)19(23-22-18)13-5-4-6-15(11-13)24-28(26,27)16-7-2-1-3-8-16;20-18(24)14-6-7-16-15(9-14)17(23-22-16)13-3-1-2-11(8-13)10-21-19(25)12-4-5-12/h1-13,27H,(H,24,25)(H,22,23,26);1-12,25H,13H2,(H2,22,26)(H,23,24);1-12,24H,(H2,21,25)(H,22,23);1-3,6-9,12H,4-5,10H2,(H2,20,24)(H,21,25)(H,22,23). The van der Waals surface area contributed by atoms with E-state index < -0.39 is 47.8 Å². The zero-order valence-corrected chi connectivity index (χ0v) is 61.5. The highest BCUT2D eigenvalue weighted by molar-refractivity contribution is 7.93. The third-order valence-corrected chi connectivity index (χ3v) is 22.0. The predicted octanol–water partition coefficient (Wildman–Crippen LogP) is 12.6. The summed E-state index contributed by atoms with van der Waals surface area (Å²) in [6, 6.07) is 75.3. The number of nitrogens with zero attached hydrogens (tertiary/aromatic N) is 6. The molecule has 1 aliphatic rings. The number of H-pyrrole nitrogens is 5. The van der Waals surface area contributed by atoms with Gasteiger partial charge in [0.25, 0.3) is 20.0 Å². The molecule has 0 saturated heterocycles. The highest BCUT2D eigenvalue weighted by atomic mass is 32.2. The van der Waals surface area contributed by atoms with E-state index in [2.05, 4.69) is 75.5 Å². The number of fused-ring (bicyclic) bond motifs is 4. The summed E-state index contributed by atoms with van der Waals surface area (Å²) in [5.74, 6) is -0.655. The maximum Gasteiger partial charge on any atom is 0.261 e. The quantitative estimate of drug-likeness (QED) is 0.0318. The molecule has 1 fully saturated rings. The molecule has 1 saturated carbocycles. The average molecular weight is 1550 g/mol. The van der Waals surface area contributed by atoms with Crippen LogP contribution < -0.4 is 36.7 Å². The van der Waals surface area contributed by atoms with Crippen LogP contribution in [0.5, 0.6) is 0 Å². The minimum absolute atomic E-state index is 0.120. The van der Waals surface area contributed by atoms with Crippen molar-refractivity contribution < 1.29 is 44.4 Å². The molecule has 560 valence electrons. The van der Waals surface area contributed by atoms with E-state index in [1.807, 2.05) is 66.7 Å². The molecule has 17 rings (SSSR count). The van der Waals surface area contributed by atoms with Crippen molar-refractivity contribution in [1.82, 2.24) is 61.3 Å². The van der Waals surface area contributed by atoms with Crippen molar-refractivity contribution in [2.24, 2.45) is 23.1 Å². The van der Waals surface area contributed by atoms with E-state index in [0.29, 0.717) is 79.9 Å². The van der Waals surface area contributed by atoms with Gasteiger partial charge in [0.15, 0.2) is 5.82 Å². The second-order valence-electron chi connectivity index (χ2n) is 25.9. The second-order valence-corrected chi connectivity index (χ2v) is 31.0. The van der Waals surface area contributed by atoms with Gasteiger partial charge in [-0.15, -0.1) is 0 Å². The van der Waals surface area contributed by atoms with E-state index in [1.54, 1.807) is 182 Å². The van der Waals surface area contributed by atoms with Crippen LogP contribution in [0.3, 0.4) is 0 Å². The van der Waals surface area contributed by atoms with Crippen molar-refractivity contribution in [3.63, 3.8) is 0 Å². The molecule has 0 radical (unpaired) electrons. The van der Waals surface area contributed by atoms with E-state index in [1.165, 1.54) is 18.5 Å². The van der Waals surface area contributed by atoms with Gasteiger partial charge in [0.1, 0.15) is 6.33 Å². The largest absolute Gasteiger partial charge is 0.366 e. The summed E-state index contributed by atoms with van der Waals surface area (Å²) < 4.78 is 83.2. The number of primary amides is 3. The summed E-state index contributed by atoms with van der Waals surface area (Å²) in [4.78, 5) is 50.8. The Morgan fingerprint density at radius 2 is 0.750 bits per heavy atom. The van der Waals surface area contributed by atoms with Crippen LogP contribution in [0.15, 0.2) is 277 Å². The summed E-state index contributed by atoms with van der Waals surface area (Å²) in [5.41, 5.74) is 30.2. The fourth-order valence-corrected chi connectivity index (χ4v) is 15.6. The van der Waals surface area contributed by atoms with Crippen LogP contribution in [0.25, 0.3) is 100 Å². The summed E-state index contributed by atoms with van der Waals surface area (Å²) in [7, 11) is -10.9. The molecule has 4 amide bonds. The fraction of sp³-hybridized carbons (Fsp3) is 0.0617. The highest BCUT2D eigenvalue weighted by Crippen LogP contribution is 2.35. The van der Waals surface area contributed by atoms with E-state index in [9.17, 15) is 44.4 Å². The third-order valence-electron chi connectivity index (χ3n) is 17.9. The number of hydrogen-bond donors (Lipinski definition) is 12. The molecule has 0 unspecified atom stereocenters. The number of anilines is 3. The molecule has 31 heteroatoms. The molecule has 0 spiro atoms. The summed E-state index contributed by atoms with van der Waals surface area (Å²) >= 11 is 0. The summed E-state index contributed by atoms with van der Waals surface area (Å²) in [5, 5.41) is 42.1. The number of sulfonamides is 3. The van der Waals surface area contributed by atoms with Gasteiger partial charge < -0.3 is 22.5 Å². The van der Waals surface area contributed by atoms with Crippen molar-refractivity contribution >= 4 is 114 Å². The van der Waals surface area contributed by atoms with Crippen molar-refractivity contribution in [2.75, 3.05) is 14.2 Å². The van der Waals surface area contributed by atoms with Crippen molar-refractivity contribution in [3.8, 4) is 56.4 Å². The lowest BCUT2D eigenvalue weighted by Gasteiger charge is -2.09. The molecular weight excluding hydrogens is 1480 g/mol. The second kappa shape index (κ2) is 32.2. The molecule has 15 N–H and O–H groups in total. The van der Waals surface area contributed by atoms with Gasteiger partial charge in [-0.2, -0.15) is 25.5 Å². The van der Waals surface area contributed by atoms with Crippen LogP contribution in [0.1, 0.15) is 55.0 Å². The minimum Gasteiger partial charge on any atom is -0.366 e. The average Bonchev–Trinajstić information content (AvgIpc) is 1.64. The first kappa shape index (κ1) is 74.4. The molecule has 5 aromatic heterocycles. The van der Waals surface area contributed by atoms with Gasteiger partial charge in [-0.1, -0.05) is 121 Å². The highest BCUT2D eigenvalue weighted by Gasteiger charge is 2.29. The predicted molar refractivity (Wildman–Crippen MR) is 429 cm³/mol. The van der Waals surface area contributed by atoms with E-state index in [4.69, 9.17) is 17.2 Å². The van der Waals surface area contributed by atoms with Crippen molar-refractivity contribution in [1.29, 1.82) is 0 Å². The first-order valence-electron chi connectivity index (χ1n) is 34.6. The molecule has 0 aliphatic heterocycles. The summed E-state index contributed by atoms with van der Waals surface area (Å²) in [6.45, 7) is 0.498. The normalized spacial score (nSPS) is 12.0. The maximum atomic E-state index is 12.6. The van der Waals surface area contributed by atoms with Crippen LogP contribution >= 0.6 is 0 Å². The molecule has 16 aromatic rings. The molecule has 1 aliphatic carbocycles. The number of benzene rings is 11. The Morgan fingerprint density at radius 1 is 0.375 bits per heavy atom. The lowest BCUT2D eigenvalue weighted by Crippen LogP contribution is -2.24. The summed E-state index contributed by atoms with van der Waals surface area (Å²) in [6.07, 6.45) is 3.44. The molecule has 11 aromatic carbocycles. The molecule has 0 bridgehead atoms. The van der Waals surface area contributed by atoms with E-state index >= 15 is 0 Å². The maximum absolute atomic E-state index is 12.6. The lowest BCUT2D eigenvalue weighted by molar-refractivity contribution is -0.122. The Labute approximate surface area is 639 Å². The topological polar surface area (TPSA) is 453 Å². The molecular formula is C81H68N18O10S3. The first-order valence-corrected chi connectivity index (χ1v) is 39.2. The Balaban J connectivity index is 0.000000124. The number of hydrogen-bond acceptors (Lipinski definition) is 16.